The van der Waals surface area contributed by atoms with Gasteiger partial charge in [-0.1, -0.05) is 6.92 Å². The van der Waals surface area contributed by atoms with Gasteiger partial charge in [-0.05, 0) is 12.8 Å². The van der Waals surface area contributed by atoms with Crippen LogP contribution < -0.4 is 5.32 Å². The van der Waals surface area contributed by atoms with E-state index < -0.39 is 10.0 Å². The van der Waals surface area contributed by atoms with Crippen LogP contribution in [-0.4, -0.2) is 50.4 Å². The molecule has 0 bridgehead atoms. The van der Waals surface area contributed by atoms with Crippen molar-refractivity contribution in [1.29, 1.82) is 0 Å². The third kappa shape index (κ3) is 6.30. The lowest BCUT2D eigenvalue weighted by molar-refractivity contribution is -0.121. The Bertz CT molecular complexity index is 306. The van der Waals surface area contributed by atoms with E-state index in [1.54, 1.807) is 0 Å². The van der Waals surface area contributed by atoms with Crippen LogP contribution in [0.25, 0.3) is 0 Å². The predicted molar refractivity (Wildman–Crippen MR) is 65.1 cm³/mol. The summed E-state index contributed by atoms with van der Waals surface area (Å²) in [5.41, 5.74) is 0. The molecule has 96 valence electrons. The molecule has 16 heavy (non-hydrogen) atoms. The molecule has 0 heterocycles. The minimum absolute atomic E-state index is 0.0198. The highest BCUT2D eigenvalue weighted by Gasteiger charge is 2.19. The molecule has 0 saturated heterocycles. The van der Waals surface area contributed by atoms with Crippen LogP contribution in [0.15, 0.2) is 0 Å². The molecule has 7 heteroatoms. The van der Waals surface area contributed by atoms with Crippen molar-refractivity contribution in [2.24, 2.45) is 0 Å². The number of hydrogen-bond donors (Lipinski definition) is 1. The average molecular weight is 271 g/mol. The quantitative estimate of drug-likeness (QED) is 0.650. The van der Waals surface area contributed by atoms with Crippen molar-refractivity contribution in [1.82, 2.24) is 9.62 Å². The minimum atomic E-state index is -3.35. The maximum atomic E-state index is 11.6. The summed E-state index contributed by atoms with van der Waals surface area (Å²) in [5, 5.41) is 2.62. The van der Waals surface area contributed by atoms with E-state index >= 15 is 0 Å². The highest BCUT2D eigenvalue weighted by molar-refractivity contribution is 7.89. The second-order valence-electron chi connectivity index (χ2n) is 3.46. The molecule has 0 spiro atoms. The van der Waals surface area contributed by atoms with E-state index in [2.05, 4.69) is 5.32 Å². The number of rotatable bonds is 8. The first-order valence-electron chi connectivity index (χ1n) is 5.20. The molecule has 0 aliphatic carbocycles. The van der Waals surface area contributed by atoms with Crippen molar-refractivity contribution < 1.29 is 13.2 Å². The van der Waals surface area contributed by atoms with Crippen molar-refractivity contribution in [2.75, 3.05) is 31.8 Å². The molecule has 0 aliphatic rings. The molecule has 0 aromatic heterocycles. The van der Waals surface area contributed by atoms with Crippen LogP contribution in [0, 0.1) is 0 Å². The lowest BCUT2D eigenvalue weighted by Gasteiger charge is -2.16. The fourth-order valence-corrected chi connectivity index (χ4v) is 2.44. The summed E-state index contributed by atoms with van der Waals surface area (Å²) >= 11 is 5.42. The first kappa shape index (κ1) is 15.7. The van der Waals surface area contributed by atoms with Crippen LogP contribution in [0.2, 0.25) is 0 Å². The van der Waals surface area contributed by atoms with Crippen LogP contribution in [-0.2, 0) is 14.8 Å². The average Bonchev–Trinajstić information content (AvgIpc) is 2.23. The first-order valence-corrected chi connectivity index (χ1v) is 7.35. The van der Waals surface area contributed by atoms with E-state index in [4.69, 9.17) is 11.6 Å². The molecule has 0 saturated carbocycles. The maximum absolute atomic E-state index is 11.6. The van der Waals surface area contributed by atoms with Crippen molar-refractivity contribution >= 4 is 27.5 Å². The molecule has 5 nitrogen and oxygen atoms in total. The first-order chi connectivity index (χ1) is 7.44. The van der Waals surface area contributed by atoms with Gasteiger partial charge in [0.05, 0.1) is 12.3 Å². The highest BCUT2D eigenvalue weighted by atomic mass is 35.5. The fraction of sp³-hybridized carbons (Fsp3) is 0.889. The molecule has 0 rings (SSSR count). The monoisotopic (exact) mass is 270 g/mol. The topological polar surface area (TPSA) is 66.5 Å². The number of likely N-dealkylation sites (N-methyl/N-ethyl adjacent to an activating group) is 1. The summed E-state index contributed by atoms with van der Waals surface area (Å²) in [7, 11) is -1.96. The minimum Gasteiger partial charge on any atom is -0.355 e. The Morgan fingerprint density at radius 1 is 1.44 bits per heavy atom. The summed E-state index contributed by atoms with van der Waals surface area (Å²) in [6.45, 7) is 2.36. The number of nitrogens with one attached hydrogen (secondary N) is 1. The normalized spacial score (nSPS) is 11.8. The molecule has 1 amide bonds. The third-order valence-electron chi connectivity index (χ3n) is 1.95. The van der Waals surface area contributed by atoms with Gasteiger partial charge in [0.25, 0.3) is 0 Å². The van der Waals surface area contributed by atoms with Gasteiger partial charge in [0.2, 0.25) is 15.9 Å². The molecule has 1 N–H and O–H groups in total. The SMILES string of the molecule is CCCNC(=O)CN(C)S(=O)(=O)CCCCl. The Balaban J connectivity index is 4.13. The zero-order chi connectivity index (χ0) is 12.6. The largest absolute Gasteiger partial charge is 0.355 e. The van der Waals surface area contributed by atoms with Gasteiger partial charge in [0, 0.05) is 19.5 Å². The van der Waals surface area contributed by atoms with Gasteiger partial charge in [-0.15, -0.1) is 11.6 Å². The van der Waals surface area contributed by atoms with E-state index in [9.17, 15) is 13.2 Å². The van der Waals surface area contributed by atoms with E-state index in [-0.39, 0.29) is 18.2 Å². The Labute approximate surface area is 102 Å². The number of alkyl halides is 1. The summed E-state index contributed by atoms with van der Waals surface area (Å²) in [5.74, 6) is 0.00202. The number of hydrogen-bond acceptors (Lipinski definition) is 3. The number of sulfonamides is 1. The molecular formula is C9H19ClN2O3S. The van der Waals surface area contributed by atoms with Crippen LogP contribution in [0.1, 0.15) is 19.8 Å². The van der Waals surface area contributed by atoms with E-state index in [0.29, 0.717) is 18.8 Å². The van der Waals surface area contributed by atoms with Crippen molar-refractivity contribution in [2.45, 2.75) is 19.8 Å². The Morgan fingerprint density at radius 2 is 2.06 bits per heavy atom. The van der Waals surface area contributed by atoms with Crippen molar-refractivity contribution in [3.63, 3.8) is 0 Å². The van der Waals surface area contributed by atoms with Gasteiger partial charge >= 0.3 is 0 Å². The van der Waals surface area contributed by atoms with Crippen LogP contribution >= 0.6 is 11.6 Å². The standard InChI is InChI=1S/C9H19ClN2O3S/c1-3-6-11-9(13)8-12(2)16(14,15)7-4-5-10/h3-8H2,1-2H3,(H,11,13). The molecule has 0 unspecified atom stereocenters. The van der Waals surface area contributed by atoms with E-state index in [1.807, 2.05) is 6.92 Å². The van der Waals surface area contributed by atoms with Crippen molar-refractivity contribution in [3.8, 4) is 0 Å². The second kappa shape index (κ2) is 7.86. The third-order valence-corrected chi connectivity index (χ3v) is 4.10. The summed E-state index contributed by atoms with van der Waals surface area (Å²) in [6, 6.07) is 0. The lowest BCUT2D eigenvalue weighted by atomic mass is 10.4. The van der Waals surface area contributed by atoms with Gasteiger partial charge in [0.1, 0.15) is 0 Å². The summed E-state index contributed by atoms with van der Waals surface area (Å²) in [6.07, 6.45) is 1.22. The maximum Gasteiger partial charge on any atom is 0.235 e. The van der Waals surface area contributed by atoms with Gasteiger partial charge in [-0.3, -0.25) is 4.79 Å². The Kier molecular flexibility index (Phi) is 7.70. The number of nitrogens with zero attached hydrogens (tertiary/aromatic N) is 1. The predicted octanol–water partition coefficient (Wildman–Crippen LogP) is 0.403. The van der Waals surface area contributed by atoms with Gasteiger partial charge < -0.3 is 5.32 Å². The molecule has 0 radical (unpaired) electrons. The van der Waals surface area contributed by atoms with Crippen LogP contribution in [0.3, 0.4) is 0 Å². The van der Waals surface area contributed by atoms with E-state index in [1.165, 1.54) is 7.05 Å². The second-order valence-corrected chi connectivity index (χ2v) is 6.04. The van der Waals surface area contributed by atoms with Gasteiger partial charge in [0.15, 0.2) is 0 Å². The van der Waals surface area contributed by atoms with Crippen molar-refractivity contribution in [3.05, 3.63) is 0 Å². The molecule has 0 aromatic carbocycles. The van der Waals surface area contributed by atoms with Gasteiger partial charge in [-0.25, -0.2) is 8.42 Å². The van der Waals surface area contributed by atoms with Crippen LogP contribution in [0.4, 0.5) is 0 Å². The molecule has 0 atom stereocenters. The molecule has 0 aromatic rings. The highest BCUT2D eigenvalue weighted by Crippen LogP contribution is 2.00. The Morgan fingerprint density at radius 3 is 2.56 bits per heavy atom. The summed E-state index contributed by atoms with van der Waals surface area (Å²) < 4.78 is 24.2. The molecular weight excluding hydrogens is 252 g/mol. The fourth-order valence-electron chi connectivity index (χ4n) is 1.01. The lowest BCUT2D eigenvalue weighted by Crippen LogP contribution is -2.39. The number of carbonyl (C=O) groups excluding carboxylic acids is 1. The van der Waals surface area contributed by atoms with Gasteiger partial charge in [-0.2, -0.15) is 4.31 Å². The molecule has 0 fully saturated rings. The smallest absolute Gasteiger partial charge is 0.235 e. The summed E-state index contributed by atoms with van der Waals surface area (Å²) in [4.78, 5) is 11.3. The zero-order valence-corrected chi connectivity index (χ0v) is 11.3. The molecule has 0 aliphatic heterocycles. The van der Waals surface area contributed by atoms with Crippen LogP contribution in [0.5, 0.6) is 0 Å². The zero-order valence-electron chi connectivity index (χ0n) is 9.70. The Hall–Kier alpha value is -0.330. The number of halogens is 1. The van der Waals surface area contributed by atoms with E-state index in [0.717, 1.165) is 10.7 Å². The number of amides is 1. The number of carbonyl (C=O) groups is 1.